The van der Waals surface area contributed by atoms with Crippen LogP contribution in [0.15, 0.2) is 67.0 Å². The lowest BCUT2D eigenvalue weighted by atomic mass is 9.91. The highest BCUT2D eigenvalue weighted by Gasteiger charge is 2.52. The van der Waals surface area contributed by atoms with Crippen molar-refractivity contribution in [2.24, 2.45) is 0 Å². The first kappa shape index (κ1) is 37.3. The largest absolute Gasteiger partial charge is 0.343 e. The second kappa shape index (κ2) is 14.5. The number of aromatic nitrogens is 3. The van der Waals surface area contributed by atoms with Gasteiger partial charge in [-0.25, -0.2) is 14.3 Å². The van der Waals surface area contributed by atoms with Crippen LogP contribution in [0.25, 0.3) is 0 Å². The van der Waals surface area contributed by atoms with Crippen molar-refractivity contribution in [2.75, 3.05) is 11.5 Å². The number of nitrogens with one attached hydrogen (secondary N) is 2. The maximum atomic E-state index is 14.4. The number of imidazole rings is 1. The van der Waals surface area contributed by atoms with E-state index in [1.54, 1.807) is 43.5 Å². The van der Waals surface area contributed by atoms with E-state index < -0.39 is 55.3 Å². The Hall–Kier alpha value is -4.44. The van der Waals surface area contributed by atoms with E-state index in [1.807, 2.05) is 32.9 Å². The normalized spacial score (nSPS) is 18.3. The van der Waals surface area contributed by atoms with Crippen LogP contribution < -0.4 is 15.5 Å². The minimum atomic E-state index is -1.47. The highest BCUT2D eigenvalue weighted by Crippen LogP contribution is 2.45. The van der Waals surface area contributed by atoms with E-state index in [0.717, 1.165) is 0 Å². The van der Waals surface area contributed by atoms with Gasteiger partial charge in [0.15, 0.2) is 14.9 Å². The molecule has 3 heterocycles. The third-order valence-corrected chi connectivity index (χ3v) is 10.3. The number of pyridine rings is 1. The van der Waals surface area contributed by atoms with Crippen LogP contribution in [0, 0.1) is 17.1 Å². The smallest absolute Gasteiger partial charge is 0.270 e. The van der Waals surface area contributed by atoms with E-state index >= 15 is 0 Å². The Bertz CT molecular complexity index is 2040. The lowest BCUT2D eigenvalue weighted by Crippen LogP contribution is -2.52. The average Bonchev–Trinajstić information content (AvgIpc) is 3.70. The number of halogens is 3. The van der Waals surface area contributed by atoms with Crippen LogP contribution in [-0.4, -0.2) is 50.5 Å². The fraction of sp³-hybridized carbons (Fsp3) is 0.333. The molecule has 0 bridgehead atoms. The molecular weight excluding hydrogens is 731 g/mol. The minimum absolute atomic E-state index is 0.0293. The molecule has 4 aromatic rings. The molecule has 6 rings (SSSR count). The van der Waals surface area contributed by atoms with E-state index in [2.05, 4.69) is 26.7 Å². The summed E-state index contributed by atoms with van der Waals surface area (Å²) in [5.41, 5.74) is -0.696. The SMILES string of the molecule is CC(C)(C)OPOCC(NC(=O)c1cnc2n1[C@](C)(Cc1ccc(C#N)cc1)C(=O)N2c1cc(Cl)c(F)c(Cl)c1)C(=O)NC1(c2ccccn2)CC1. The molecule has 1 aliphatic heterocycles. The zero-order valence-corrected chi connectivity index (χ0v) is 31.2. The Kier molecular flexibility index (Phi) is 10.4. The van der Waals surface area contributed by atoms with Gasteiger partial charge >= 0.3 is 0 Å². The van der Waals surface area contributed by atoms with Gasteiger partial charge in [0.2, 0.25) is 11.9 Å². The molecule has 1 aliphatic carbocycles. The van der Waals surface area contributed by atoms with Gasteiger partial charge < -0.3 is 19.7 Å². The Balaban J connectivity index is 1.34. The number of carbonyl (C=O) groups is 3. The number of benzene rings is 2. The van der Waals surface area contributed by atoms with Gasteiger partial charge in [0.1, 0.15) is 17.3 Å². The zero-order chi connectivity index (χ0) is 37.4. The molecule has 0 radical (unpaired) electrons. The van der Waals surface area contributed by atoms with Crippen LogP contribution in [-0.2, 0) is 36.1 Å². The molecule has 2 aliphatic rings. The Morgan fingerprint density at radius 2 is 1.81 bits per heavy atom. The van der Waals surface area contributed by atoms with Crippen LogP contribution in [0.5, 0.6) is 0 Å². The number of rotatable bonds is 12. The third kappa shape index (κ3) is 7.54. The molecule has 2 aromatic carbocycles. The van der Waals surface area contributed by atoms with Crippen molar-refractivity contribution in [3.05, 3.63) is 105 Å². The van der Waals surface area contributed by atoms with Gasteiger partial charge in [0, 0.05) is 12.6 Å². The lowest BCUT2D eigenvalue weighted by molar-refractivity contribution is -0.125. The predicted octanol–water partition coefficient (Wildman–Crippen LogP) is 6.48. The second-order valence-electron chi connectivity index (χ2n) is 13.8. The summed E-state index contributed by atoms with van der Waals surface area (Å²) in [6.45, 7) is 7.03. The number of amides is 3. The summed E-state index contributed by atoms with van der Waals surface area (Å²) in [5.74, 6) is -2.50. The Morgan fingerprint density at radius 3 is 2.40 bits per heavy atom. The van der Waals surface area contributed by atoms with Crippen molar-refractivity contribution in [1.29, 1.82) is 5.26 Å². The summed E-state index contributed by atoms with van der Waals surface area (Å²) in [4.78, 5) is 52.7. The fourth-order valence-corrected chi connectivity index (χ4v) is 6.97. The molecule has 12 nitrogen and oxygen atoms in total. The van der Waals surface area contributed by atoms with Crippen LogP contribution in [0.1, 0.15) is 67.8 Å². The van der Waals surface area contributed by atoms with E-state index in [1.165, 1.54) is 27.8 Å². The first-order valence-corrected chi connectivity index (χ1v) is 17.9. The van der Waals surface area contributed by atoms with Crippen molar-refractivity contribution in [3.8, 4) is 6.07 Å². The second-order valence-corrected chi connectivity index (χ2v) is 15.3. The molecule has 3 atom stereocenters. The average molecular weight is 767 g/mol. The molecule has 2 N–H and O–H groups in total. The number of fused-ring (bicyclic) bond motifs is 1. The van der Waals surface area contributed by atoms with E-state index in [9.17, 15) is 24.0 Å². The fourth-order valence-electron chi connectivity index (χ4n) is 5.95. The molecule has 270 valence electrons. The maximum Gasteiger partial charge on any atom is 0.270 e. The highest BCUT2D eigenvalue weighted by molar-refractivity contribution is 7.26. The number of anilines is 2. The van der Waals surface area contributed by atoms with Crippen molar-refractivity contribution >= 4 is 61.6 Å². The summed E-state index contributed by atoms with van der Waals surface area (Å²) in [5, 5.41) is 14.5. The van der Waals surface area contributed by atoms with Crippen LogP contribution in [0.3, 0.4) is 0 Å². The van der Waals surface area contributed by atoms with E-state index in [-0.39, 0.29) is 40.4 Å². The van der Waals surface area contributed by atoms with Crippen molar-refractivity contribution in [3.63, 3.8) is 0 Å². The molecule has 3 amide bonds. The van der Waals surface area contributed by atoms with Gasteiger partial charge in [0.05, 0.1) is 57.0 Å². The Morgan fingerprint density at radius 1 is 1.12 bits per heavy atom. The quantitative estimate of drug-likeness (QED) is 0.0946. The van der Waals surface area contributed by atoms with Gasteiger partial charge in [-0.3, -0.25) is 23.9 Å². The summed E-state index contributed by atoms with van der Waals surface area (Å²) < 4.78 is 27.4. The van der Waals surface area contributed by atoms with Crippen LogP contribution in [0.4, 0.5) is 16.0 Å². The highest BCUT2D eigenvalue weighted by atomic mass is 35.5. The summed E-state index contributed by atoms with van der Waals surface area (Å²) in [6, 6.07) is 15.6. The summed E-state index contributed by atoms with van der Waals surface area (Å²) in [7, 11) is -0.413. The monoisotopic (exact) mass is 765 g/mol. The zero-order valence-electron chi connectivity index (χ0n) is 28.7. The number of hydrogen-bond acceptors (Lipinski definition) is 8. The van der Waals surface area contributed by atoms with Gasteiger partial charge in [0.25, 0.3) is 11.8 Å². The van der Waals surface area contributed by atoms with E-state index in [4.69, 9.17) is 32.2 Å². The Labute approximate surface area is 311 Å². The molecule has 2 aromatic heterocycles. The van der Waals surface area contributed by atoms with Crippen LogP contribution in [0.2, 0.25) is 10.0 Å². The molecule has 1 saturated carbocycles. The van der Waals surface area contributed by atoms with Gasteiger partial charge in [-0.1, -0.05) is 41.4 Å². The first-order chi connectivity index (χ1) is 24.7. The first-order valence-electron chi connectivity index (χ1n) is 16.3. The van der Waals surface area contributed by atoms with Crippen molar-refractivity contribution in [1.82, 2.24) is 25.2 Å². The molecular formula is C36H35Cl2FN7O5P. The van der Waals surface area contributed by atoms with E-state index in [0.29, 0.717) is 29.7 Å². The third-order valence-electron chi connectivity index (χ3n) is 8.74. The summed E-state index contributed by atoms with van der Waals surface area (Å²) >= 11 is 12.3. The molecule has 1 fully saturated rings. The topological polar surface area (TPSA) is 151 Å². The summed E-state index contributed by atoms with van der Waals surface area (Å²) in [6.07, 6.45) is 4.37. The molecule has 2 unspecified atom stereocenters. The number of carbonyl (C=O) groups excluding carboxylic acids is 3. The van der Waals surface area contributed by atoms with Gasteiger partial charge in [-0.05, 0) is 82.5 Å². The number of hydrogen-bond donors (Lipinski definition) is 2. The predicted molar refractivity (Wildman–Crippen MR) is 194 cm³/mol. The molecule has 0 spiro atoms. The minimum Gasteiger partial charge on any atom is -0.343 e. The standard InChI is InChI=1S/C36H35Cl2FN7O5P/c1-34(2,3)51-52-50-20-26(30(47)44-36(12-13-36)28-7-5-6-14-41-28)43-31(48)27-19-42-33-45(23-15-24(37)29(39)25(38)16-23)32(49)35(4,46(27)33)17-21-8-10-22(18-40)11-9-21/h5-11,14-16,19,26,52H,12-13,17,20H2,1-4H3,(H,43,48)(H,44,47)/t26?,35-/m1/s1. The maximum absolute atomic E-state index is 14.4. The molecule has 16 heteroatoms. The number of nitriles is 1. The molecule has 0 saturated heterocycles. The number of nitrogens with zero attached hydrogens (tertiary/aromatic N) is 5. The van der Waals surface area contributed by atoms with Crippen LogP contribution >= 0.6 is 32.2 Å². The van der Waals surface area contributed by atoms with Gasteiger partial charge in [-0.2, -0.15) is 5.26 Å². The van der Waals surface area contributed by atoms with Crippen molar-refractivity contribution < 1.29 is 27.8 Å². The lowest BCUT2D eigenvalue weighted by Gasteiger charge is -2.27. The van der Waals surface area contributed by atoms with Crippen molar-refractivity contribution in [2.45, 2.75) is 69.7 Å². The van der Waals surface area contributed by atoms with Gasteiger partial charge in [-0.15, -0.1) is 0 Å². The molecule has 52 heavy (non-hydrogen) atoms.